The van der Waals surface area contributed by atoms with E-state index in [0.29, 0.717) is 27.8 Å². The highest BCUT2D eigenvalue weighted by Gasteiger charge is 2.47. The van der Waals surface area contributed by atoms with E-state index in [0.717, 1.165) is 18.2 Å². The Morgan fingerprint density at radius 2 is 1.81 bits per heavy atom. The molecule has 0 bridgehead atoms. The number of amides is 1. The van der Waals surface area contributed by atoms with Gasteiger partial charge < -0.3 is 20.1 Å². The quantitative estimate of drug-likeness (QED) is 0.393. The number of carbonyl (C=O) groups excluding carboxylic acids is 1. The van der Waals surface area contributed by atoms with Crippen LogP contribution in [0.25, 0.3) is 0 Å². The minimum absolute atomic E-state index is 0.00300. The SMILES string of the molecule is O=C(Nc1ccc(Cl)cc1C(F)(F)F)c1cc2n(n1)[C@@H](C(F)(F)F)C[C@H](c1ccc3c(c1)OCO3)N2. The van der Waals surface area contributed by atoms with Gasteiger partial charge in [-0.15, -0.1) is 0 Å². The van der Waals surface area contributed by atoms with Crippen LogP contribution in [0.4, 0.5) is 37.8 Å². The van der Waals surface area contributed by atoms with Crippen LogP contribution in [0.1, 0.15) is 40.1 Å². The van der Waals surface area contributed by atoms with Crippen molar-refractivity contribution in [2.24, 2.45) is 0 Å². The molecule has 0 saturated carbocycles. The number of nitrogens with zero attached hydrogens (tertiary/aromatic N) is 2. The number of hydrogen-bond acceptors (Lipinski definition) is 5. The first-order chi connectivity index (χ1) is 16.9. The van der Waals surface area contributed by atoms with Gasteiger partial charge in [0.1, 0.15) is 5.82 Å². The predicted molar refractivity (Wildman–Crippen MR) is 115 cm³/mol. The van der Waals surface area contributed by atoms with Crippen LogP contribution in [0.5, 0.6) is 11.5 Å². The van der Waals surface area contributed by atoms with Crippen molar-refractivity contribution < 1.29 is 40.6 Å². The number of halogens is 7. The Kier molecular flexibility index (Phi) is 5.69. The van der Waals surface area contributed by atoms with Gasteiger partial charge in [0.2, 0.25) is 6.79 Å². The zero-order valence-electron chi connectivity index (χ0n) is 17.9. The van der Waals surface area contributed by atoms with Crippen molar-refractivity contribution in [1.82, 2.24) is 9.78 Å². The lowest BCUT2D eigenvalue weighted by Gasteiger charge is -2.33. The van der Waals surface area contributed by atoms with Gasteiger partial charge in [0.25, 0.3) is 5.91 Å². The zero-order valence-corrected chi connectivity index (χ0v) is 18.6. The van der Waals surface area contributed by atoms with Crippen molar-refractivity contribution in [1.29, 1.82) is 0 Å². The van der Waals surface area contributed by atoms with E-state index in [1.807, 2.05) is 0 Å². The second-order valence-electron chi connectivity index (χ2n) is 8.10. The highest BCUT2D eigenvalue weighted by Crippen LogP contribution is 2.45. The highest BCUT2D eigenvalue weighted by molar-refractivity contribution is 6.30. The normalized spacial score (nSPS) is 19.0. The summed E-state index contributed by atoms with van der Waals surface area (Å²) >= 11 is 5.64. The van der Waals surface area contributed by atoms with E-state index in [2.05, 4.69) is 15.7 Å². The molecule has 0 saturated heterocycles. The molecule has 2 atom stereocenters. The summed E-state index contributed by atoms with van der Waals surface area (Å²) in [6, 6.07) is 5.60. The van der Waals surface area contributed by atoms with Gasteiger partial charge in [-0.3, -0.25) is 4.79 Å². The molecule has 190 valence electrons. The van der Waals surface area contributed by atoms with Gasteiger partial charge in [-0.2, -0.15) is 31.4 Å². The second-order valence-corrected chi connectivity index (χ2v) is 8.54. The fourth-order valence-corrected chi connectivity index (χ4v) is 4.25. The molecule has 0 aliphatic carbocycles. The molecule has 2 aliphatic rings. The summed E-state index contributed by atoms with van der Waals surface area (Å²) < 4.78 is 93.0. The summed E-state index contributed by atoms with van der Waals surface area (Å²) in [5.74, 6) is -0.387. The van der Waals surface area contributed by atoms with E-state index < -0.39 is 53.7 Å². The first-order valence-corrected chi connectivity index (χ1v) is 10.8. The molecule has 3 heterocycles. The van der Waals surface area contributed by atoms with E-state index in [-0.39, 0.29) is 17.6 Å². The van der Waals surface area contributed by atoms with Gasteiger partial charge in [0.15, 0.2) is 23.2 Å². The molecule has 2 aliphatic heterocycles. The van der Waals surface area contributed by atoms with Gasteiger partial charge in [-0.05, 0) is 35.9 Å². The average Bonchev–Trinajstić information content (AvgIpc) is 3.44. The maximum atomic E-state index is 13.9. The van der Waals surface area contributed by atoms with Crippen molar-refractivity contribution in [2.45, 2.75) is 30.9 Å². The topological polar surface area (TPSA) is 77.4 Å². The highest BCUT2D eigenvalue weighted by atomic mass is 35.5. The van der Waals surface area contributed by atoms with Crippen molar-refractivity contribution >= 4 is 29.0 Å². The summed E-state index contributed by atoms with van der Waals surface area (Å²) in [6.07, 6.45) is -10.00. The molecular formula is C22H15ClF6N4O3. The number of ether oxygens (including phenoxy) is 2. The molecule has 0 spiro atoms. The fraction of sp³-hybridized carbons (Fsp3) is 0.273. The third-order valence-corrected chi connectivity index (χ3v) is 5.99. The number of fused-ring (bicyclic) bond motifs is 2. The summed E-state index contributed by atoms with van der Waals surface area (Å²) in [6.45, 7) is -0.00300. The summed E-state index contributed by atoms with van der Waals surface area (Å²) in [7, 11) is 0. The first kappa shape index (κ1) is 24.1. The van der Waals surface area contributed by atoms with E-state index in [4.69, 9.17) is 21.1 Å². The van der Waals surface area contributed by atoms with Crippen LogP contribution in [0.15, 0.2) is 42.5 Å². The molecule has 0 fully saturated rings. The van der Waals surface area contributed by atoms with E-state index in [1.54, 1.807) is 18.2 Å². The first-order valence-electron chi connectivity index (χ1n) is 10.4. The molecular weight excluding hydrogens is 518 g/mol. The molecule has 2 aromatic carbocycles. The van der Waals surface area contributed by atoms with E-state index in [1.165, 1.54) is 0 Å². The molecule has 14 heteroatoms. The van der Waals surface area contributed by atoms with Crippen LogP contribution < -0.4 is 20.1 Å². The number of hydrogen-bond donors (Lipinski definition) is 2. The minimum atomic E-state index is -4.83. The number of aromatic nitrogens is 2. The van der Waals surface area contributed by atoms with E-state index in [9.17, 15) is 31.1 Å². The Morgan fingerprint density at radius 3 is 2.53 bits per heavy atom. The predicted octanol–water partition coefficient (Wildman–Crippen LogP) is 6.20. The summed E-state index contributed by atoms with van der Waals surface area (Å²) in [4.78, 5) is 12.7. The average molecular weight is 533 g/mol. The Bertz CT molecular complexity index is 1340. The Balaban J connectivity index is 1.45. The van der Waals surface area contributed by atoms with Gasteiger partial charge in [-0.1, -0.05) is 17.7 Å². The van der Waals surface area contributed by atoms with Crippen molar-refractivity contribution in [2.75, 3.05) is 17.4 Å². The van der Waals surface area contributed by atoms with Gasteiger partial charge in [-0.25, -0.2) is 4.68 Å². The molecule has 36 heavy (non-hydrogen) atoms. The Labute approximate surface area is 203 Å². The van der Waals surface area contributed by atoms with E-state index >= 15 is 0 Å². The van der Waals surface area contributed by atoms with Gasteiger partial charge in [0, 0.05) is 17.5 Å². The number of nitrogens with one attached hydrogen (secondary N) is 2. The Hall–Kier alpha value is -3.61. The smallest absolute Gasteiger partial charge is 0.418 e. The maximum Gasteiger partial charge on any atom is 0.418 e. The fourth-order valence-electron chi connectivity index (χ4n) is 4.08. The van der Waals surface area contributed by atoms with Crippen LogP contribution in [-0.2, 0) is 6.18 Å². The molecule has 1 aromatic heterocycles. The lowest BCUT2D eigenvalue weighted by atomic mass is 9.96. The standard InChI is InChI=1S/C22H15ClF6N4O3/c23-11-2-3-13(12(6-11)21(24,25)26)31-20(34)15-8-19-30-14(7-18(22(27,28)29)33(19)32-15)10-1-4-16-17(5-10)36-9-35-16/h1-6,8,14,18,30H,7,9H2,(H,31,34)/t14-,18-/m1/s1. The lowest BCUT2D eigenvalue weighted by Crippen LogP contribution is -2.35. The third kappa shape index (κ3) is 4.50. The van der Waals surface area contributed by atoms with Gasteiger partial charge >= 0.3 is 12.4 Å². The van der Waals surface area contributed by atoms with Crippen molar-refractivity contribution in [3.8, 4) is 11.5 Å². The maximum absolute atomic E-state index is 13.9. The Morgan fingerprint density at radius 1 is 1.06 bits per heavy atom. The third-order valence-electron chi connectivity index (χ3n) is 5.76. The molecule has 0 unspecified atom stereocenters. The molecule has 5 rings (SSSR count). The molecule has 0 radical (unpaired) electrons. The number of rotatable bonds is 3. The number of alkyl halides is 6. The number of anilines is 2. The zero-order chi connectivity index (χ0) is 25.8. The van der Waals surface area contributed by atoms with Crippen molar-refractivity contribution in [3.05, 3.63) is 64.3 Å². The molecule has 2 N–H and O–H groups in total. The largest absolute Gasteiger partial charge is 0.454 e. The van der Waals surface area contributed by atoms with Crippen LogP contribution in [0, 0.1) is 0 Å². The monoisotopic (exact) mass is 532 g/mol. The van der Waals surface area contributed by atoms with Crippen molar-refractivity contribution in [3.63, 3.8) is 0 Å². The number of benzene rings is 2. The molecule has 1 amide bonds. The lowest BCUT2D eigenvalue weighted by molar-refractivity contribution is -0.173. The molecule has 7 nitrogen and oxygen atoms in total. The minimum Gasteiger partial charge on any atom is -0.454 e. The summed E-state index contributed by atoms with van der Waals surface area (Å²) in [5.41, 5.74) is -1.83. The van der Waals surface area contributed by atoms with Gasteiger partial charge in [0.05, 0.1) is 17.3 Å². The van der Waals surface area contributed by atoms with Crippen LogP contribution in [0.2, 0.25) is 5.02 Å². The second kappa shape index (κ2) is 8.50. The van der Waals surface area contributed by atoms with Crippen LogP contribution >= 0.6 is 11.6 Å². The number of carbonyl (C=O) groups is 1. The molecule has 3 aromatic rings. The van der Waals surface area contributed by atoms with Crippen LogP contribution in [0.3, 0.4) is 0 Å². The van der Waals surface area contributed by atoms with Crippen LogP contribution in [-0.4, -0.2) is 28.7 Å². The summed E-state index contributed by atoms with van der Waals surface area (Å²) in [5, 5.41) is 8.53.